The van der Waals surface area contributed by atoms with E-state index >= 15 is 0 Å². The standard InChI is InChI=1S/C34H44BrN5O4S/c1-34(2,3)38-33(44)29-20-39(19-27-17-25(35)21-45-27)12-13-40(29)18-26(41)15-24(14-22-8-10-36-11-9-22)32(43)37-31-28-7-5-4-6-23(28)16-30(31)42/h4-11,17,21,24,26,29-31,41-42H,12-16,18-20H2,1-3H3,(H,37,43)(H,38,44)/t24-,26-,29-,30+,31-/m0/s1. The average Bonchev–Trinajstić information content (AvgIpc) is 3.54. The van der Waals surface area contributed by atoms with Crippen molar-refractivity contribution in [3.63, 3.8) is 0 Å². The number of β-amino-alcohol motifs (C(OH)–C–C–N with tert-alkyl or cyclic N) is 1. The molecule has 1 aromatic carbocycles. The van der Waals surface area contributed by atoms with Gasteiger partial charge in [0.2, 0.25) is 11.8 Å². The van der Waals surface area contributed by atoms with Crippen LogP contribution < -0.4 is 10.6 Å². The first-order chi connectivity index (χ1) is 21.4. The molecule has 0 saturated carbocycles. The first-order valence-electron chi connectivity index (χ1n) is 15.6. The SMILES string of the molecule is CC(C)(C)NC(=O)[C@@H]1CN(Cc2cc(Br)cs2)CCN1C[C@@H](O)C[C@H](Cc1ccncc1)C(=O)N[C@H]1c2ccccc2C[C@H]1O. The number of nitrogens with one attached hydrogen (secondary N) is 2. The van der Waals surface area contributed by atoms with E-state index in [0.29, 0.717) is 25.9 Å². The second-order valence-corrected chi connectivity index (χ2v) is 15.2. The van der Waals surface area contributed by atoms with Gasteiger partial charge in [0.05, 0.1) is 18.2 Å². The van der Waals surface area contributed by atoms with Crippen LogP contribution >= 0.6 is 27.3 Å². The number of halogens is 1. The van der Waals surface area contributed by atoms with Crippen LogP contribution in [-0.4, -0.2) is 86.8 Å². The summed E-state index contributed by atoms with van der Waals surface area (Å²) >= 11 is 5.23. The Balaban J connectivity index is 1.28. The lowest BCUT2D eigenvalue weighted by Gasteiger charge is -2.42. The molecule has 1 aliphatic heterocycles. The van der Waals surface area contributed by atoms with Crippen LogP contribution in [0.4, 0.5) is 0 Å². The van der Waals surface area contributed by atoms with Crippen LogP contribution in [-0.2, 0) is 29.0 Å². The van der Waals surface area contributed by atoms with Gasteiger partial charge in [-0.25, -0.2) is 0 Å². The molecule has 1 fully saturated rings. The molecule has 9 nitrogen and oxygen atoms in total. The lowest BCUT2D eigenvalue weighted by Crippen LogP contribution is -2.61. The van der Waals surface area contributed by atoms with E-state index in [1.807, 2.05) is 57.2 Å². The zero-order valence-electron chi connectivity index (χ0n) is 26.2. The van der Waals surface area contributed by atoms with E-state index in [1.165, 1.54) is 4.88 Å². The molecule has 0 bridgehead atoms. The van der Waals surface area contributed by atoms with Gasteiger partial charge in [0.25, 0.3) is 0 Å². The van der Waals surface area contributed by atoms with Crippen molar-refractivity contribution < 1.29 is 19.8 Å². The first-order valence-corrected chi connectivity index (χ1v) is 17.3. The van der Waals surface area contributed by atoms with Gasteiger partial charge in [-0.3, -0.25) is 24.4 Å². The zero-order valence-corrected chi connectivity index (χ0v) is 28.6. The number of carbonyl (C=O) groups is 2. The van der Waals surface area contributed by atoms with Crippen molar-refractivity contribution in [3.8, 4) is 0 Å². The smallest absolute Gasteiger partial charge is 0.239 e. The molecule has 0 radical (unpaired) electrons. The van der Waals surface area contributed by atoms with Crippen LogP contribution in [0, 0.1) is 5.92 Å². The second-order valence-electron chi connectivity index (χ2n) is 13.3. The quantitative estimate of drug-likeness (QED) is 0.242. The highest BCUT2D eigenvalue weighted by Crippen LogP contribution is 2.32. The Labute approximate surface area is 278 Å². The van der Waals surface area contributed by atoms with E-state index in [-0.39, 0.29) is 30.3 Å². The lowest BCUT2D eigenvalue weighted by molar-refractivity contribution is -0.132. The molecule has 2 aromatic heterocycles. The molecule has 3 aromatic rings. The number of aromatic nitrogens is 1. The maximum absolute atomic E-state index is 13.8. The van der Waals surface area contributed by atoms with Crippen LogP contribution in [0.3, 0.4) is 0 Å². The Bertz CT molecular complexity index is 1450. The van der Waals surface area contributed by atoms with Crippen LogP contribution in [0.15, 0.2) is 64.7 Å². The number of aliphatic hydroxyl groups is 2. The monoisotopic (exact) mass is 697 g/mol. The molecular weight excluding hydrogens is 654 g/mol. The van der Waals surface area contributed by atoms with Gasteiger partial charge in [0.1, 0.15) is 6.04 Å². The number of carbonyl (C=O) groups excluding carboxylic acids is 2. The largest absolute Gasteiger partial charge is 0.392 e. The Hall–Kier alpha value is -2.67. The highest BCUT2D eigenvalue weighted by molar-refractivity contribution is 9.10. The van der Waals surface area contributed by atoms with Gasteiger partial charge in [0, 0.05) is 77.7 Å². The van der Waals surface area contributed by atoms with Gasteiger partial charge in [-0.1, -0.05) is 24.3 Å². The first kappa shape index (κ1) is 33.7. The van der Waals surface area contributed by atoms with Crippen molar-refractivity contribution in [2.24, 2.45) is 5.92 Å². The third-order valence-electron chi connectivity index (χ3n) is 8.48. The van der Waals surface area contributed by atoms with Gasteiger partial charge < -0.3 is 20.8 Å². The highest BCUT2D eigenvalue weighted by Gasteiger charge is 2.37. The number of nitrogens with zero attached hydrogens (tertiary/aromatic N) is 3. The Morgan fingerprint density at radius 1 is 1.16 bits per heavy atom. The number of thiophene rings is 1. The third kappa shape index (κ3) is 9.21. The Kier molecular flexibility index (Phi) is 11.1. The highest BCUT2D eigenvalue weighted by atomic mass is 79.9. The third-order valence-corrected chi connectivity index (χ3v) is 10.2. The van der Waals surface area contributed by atoms with E-state index in [2.05, 4.69) is 52.8 Å². The van der Waals surface area contributed by atoms with E-state index in [4.69, 9.17) is 0 Å². The van der Waals surface area contributed by atoms with Gasteiger partial charge >= 0.3 is 0 Å². The number of piperazine rings is 1. The van der Waals surface area contributed by atoms with E-state index in [1.54, 1.807) is 23.7 Å². The molecule has 3 heterocycles. The summed E-state index contributed by atoms with van der Waals surface area (Å²) in [6, 6.07) is 12.7. The normalized spacial score (nSPS) is 22.0. The summed E-state index contributed by atoms with van der Waals surface area (Å²) < 4.78 is 1.06. The van der Waals surface area contributed by atoms with Crippen LogP contribution in [0.2, 0.25) is 0 Å². The summed E-state index contributed by atoms with van der Waals surface area (Å²) in [5.74, 6) is -0.810. The molecule has 2 aliphatic rings. The summed E-state index contributed by atoms with van der Waals surface area (Å²) in [5, 5.41) is 30.6. The van der Waals surface area contributed by atoms with Crippen LogP contribution in [0.25, 0.3) is 0 Å². The predicted octanol–water partition coefficient (Wildman–Crippen LogP) is 3.69. The molecule has 242 valence electrons. The van der Waals surface area contributed by atoms with Crippen molar-refractivity contribution in [2.45, 2.75) is 76.4 Å². The van der Waals surface area contributed by atoms with E-state index in [0.717, 1.165) is 34.3 Å². The molecule has 45 heavy (non-hydrogen) atoms. The summed E-state index contributed by atoms with van der Waals surface area (Å²) in [6.45, 7) is 8.87. The molecular formula is C34H44BrN5O4S. The predicted molar refractivity (Wildman–Crippen MR) is 180 cm³/mol. The number of hydrogen-bond donors (Lipinski definition) is 4. The maximum Gasteiger partial charge on any atom is 0.239 e. The number of benzene rings is 1. The molecule has 0 unspecified atom stereocenters. The number of pyridine rings is 1. The van der Waals surface area contributed by atoms with E-state index < -0.39 is 30.2 Å². The van der Waals surface area contributed by atoms with Crippen LogP contribution in [0.5, 0.6) is 0 Å². The topological polar surface area (TPSA) is 118 Å². The van der Waals surface area contributed by atoms with Gasteiger partial charge in [-0.15, -0.1) is 11.3 Å². The molecule has 4 N–H and O–H groups in total. The van der Waals surface area contributed by atoms with Crippen LogP contribution in [0.1, 0.15) is 54.8 Å². The molecule has 1 aliphatic carbocycles. The van der Waals surface area contributed by atoms with Crippen molar-refractivity contribution in [2.75, 3.05) is 26.2 Å². The van der Waals surface area contributed by atoms with Crippen molar-refractivity contribution >= 4 is 39.1 Å². The van der Waals surface area contributed by atoms with Crippen molar-refractivity contribution in [3.05, 3.63) is 86.3 Å². The van der Waals surface area contributed by atoms with E-state index in [9.17, 15) is 19.8 Å². The maximum atomic E-state index is 13.8. The summed E-state index contributed by atoms with van der Waals surface area (Å²) in [5.41, 5.74) is 2.52. The average molecular weight is 699 g/mol. The number of amides is 2. The zero-order chi connectivity index (χ0) is 32.1. The number of aliphatic hydroxyl groups excluding tert-OH is 2. The molecule has 2 amide bonds. The van der Waals surface area contributed by atoms with Crippen molar-refractivity contribution in [1.82, 2.24) is 25.4 Å². The molecule has 11 heteroatoms. The van der Waals surface area contributed by atoms with Gasteiger partial charge in [0.15, 0.2) is 0 Å². The molecule has 1 saturated heterocycles. The molecule has 0 spiro atoms. The second kappa shape index (κ2) is 14.8. The minimum absolute atomic E-state index is 0.0632. The fraction of sp³-hybridized carbons (Fsp3) is 0.500. The molecule has 5 rings (SSSR count). The Morgan fingerprint density at radius 2 is 1.91 bits per heavy atom. The number of rotatable bonds is 11. The summed E-state index contributed by atoms with van der Waals surface area (Å²) in [7, 11) is 0. The number of fused-ring (bicyclic) bond motifs is 1. The van der Waals surface area contributed by atoms with Gasteiger partial charge in [-0.2, -0.15) is 0 Å². The lowest BCUT2D eigenvalue weighted by atomic mass is 9.92. The summed E-state index contributed by atoms with van der Waals surface area (Å²) in [6.07, 6.45) is 2.99. The minimum Gasteiger partial charge on any atom is -0.392 e. The minimum atomic E-state index is -0.840. The molecule has 5 atom stereocenters. The number of hydrogen-bond acceptors (Lipinski definition) is 8. The van der Waals surface area contributed by atoms with Gasteiger partial charge in [-0.05, 0) is 84.4 Å². The Morgan fingerprint density at radius 3 is 2.62 bits per heavy atom. The fourth-order valence-corrected chi connectivity index (χ4v) is 7.87. The fourth-order valence-electron chi connectivity index (χ4n) is 6.38. The van der Waals surface area contributed by atoms with Crippen molar-refractivity contribution in [1.29, 1.82) is 0 Å². The summed E-state index contributed by atoms with van der Waals surface area (Å²) in [4.78, 5) is 37.0.